The fraction of sp³-hybridized carbons (Fsp3) is 0.833. The van der Waals surface area contributed by atoms with Gasteiger partial charge in [0.25, 0.3) is 0 Å². The lowest BCUT2D eigenvalue weighted by Gasteiger charge is -2.08. The Morgan fingerprint density at radius 3 is 3.00 bits per heavy atom. The maximum atomic E-state index is 10.2. The molecule has 0 aromatic heterocycles. The van der Waals surface area contributed by atoms with E-state index in [0.29, 0.717) is 6.54 Å². The van der Waals surface area contributed by atoms with E-state index >= 15 is 0 Å². The van der Waals surface area contributed by atoms with Crippen LogP contribution < -0.4 is 0 Å². The molecule has 0 spiro atoms. The van der Waals surface area contributed by atoms with E-state index in [0.717, 1.165) is 6.42 Å². The number of hydrogen-bond donors (Lipinski definition) is 1. The molecule has 11 heavy (non-hydrogen) atoms. The van der Waals surface area contributed by atoms with Crippen LogP contribution >= 0.6 is 0 Å². The largest absolute Gasteiger partial charge is 0.480 e. The zero-order chi connectivity index (χ0) is 8.27. The molecule has 1 aliphatic heterocycles. The summed E-state index contributed by atoms with van der Waals surface area (Å²) in [5, 5.41) is 17.4. The zero-order valence-electron chi connectivity index (χ0n) is 6.40. The van der Waals surface area contributed by atoms with Crippen molar-refractivity contribution >= 4 is 5.97 Å². The van der Waals surface area contributed by atoms with Crippen molar-refractivity contribution in [2.24, 2.45) is 10.3 Å². The number of rotatable bonds is 3. The van der Waals surface area contributed by atoms with Gasteiger partial charge in [-0.05, 0) is 6.42 Å². The Morgan fingerprint density at radius 2 is 2.55 bits per heavy atom. The molecule has 1 atom stereocenters. The summed E-state index contributed by atoms with van der Waals surface area (Å²) in [5.74, 6) is -0.860. The summed E-state index contributed by atoms with van der Waals surface area (Å²) in [5.41, 5.74) is 0. The molecule has 0 aliphatic carbocycles. The SMILES string of the molecule is CCC1CN(CC(=O)O)N=N1. The Balaban J connectivity index is 2.32. The number of aliphatic carboxylic acids is 1. The summed E-state index contributed by atoms with van der Waals surface area (Å²) in [7, 11) is 0. The van der Waals surface area contributed by atoms with Crippen molar-refractivity contribution in [1.29, 1.82) is 0 Å². The van der Waals surface area contributed by atoms with Crippen LogP contribution in [0.25, 0.3) is 0 Å². The first-order chi connectivity index (χ1) is 5.22. The van der Waals surface area contributed by atoms with Crippen LogP contribution in [-0.4, -0.2) is 35.2 Å². The molecule has 0 saturated carbocycles. The second-order valence-corrected chi connectivity index (χ2v) is 2.51. The molecule has 0 aromatic rings. The Morgan fingerprint density at radius 1 is 1.82 bits per heavy atom. The highest BCUT2D eigenvalue weighted by molar-refractivity contribution is 5.69. The maximum absolute atomic E-state index is 10.2. The average Bonchev–Trinajstić information content (AvgIpc) is 2.34. The van der Waals surface area contributed by atoms with Crippen molar-refractivity contribution < 1.29 is 9.90 Å². The number of nitrogens with zero attached hydrogens (tertiary/aromatic N) is 3. The summed E-state index contributed by atoms with van der Waals surface area (Å²) in [4.78, 5) is 10.2. The summed E-state index contributed by atoms with van der Waals surface area (Å²) < 4.78 is 0. The highest BCUT2D eigenvalue weighted by Crippen LogP contribution is 2.10. The highest BCUT2D eigenvalue weighted by Gasteiger charge is 2.18. The average molecular weight is 157 g/mol. The molecule has 0 saturated heterocycles. The predicted octanol–water partition coefficient (Wildman–Crippen LogP) is 0.532. The summed E-state index contributed by atoms with van der Waals surface area (Å²) in [6.45, 7) is 2.61. The molecule has 1 aliphatic rings. The van der Waals surface area contributed by atoms with Crippen LogP contribution in [0.15, 0.2) is 10.3 Å². The topological polar surface area (TPSA) is 65.3 Å². The van der Waals surface area contributed by atoms with Crippen LogP contribution in [-0.2, 0) is 4.79 Å². The van der Waals surface area contributed by atoms with E-state index < -0.39 is 5.97 Å². The number of carbonyl (C=O) groups is 1. The molecule has 5 heteroatoms. The predicted molar refractivity (Wildman–Crippen MR) is 38.1 cm³/mol. The Hall–Kier alpha value is -1.13. The van der Waals surface area contributed by atoms with Crippen molar-refractivity contribution in [2.45, 2.75) is 19.4 Å². The molecule has 1 N–H and O–H groups in total. The molecular formula is C6H11N3O2. The van der Waals surface area contributed by atoms with E-state index in [4.69, 9.17) is 5.11 Å². The molecule has 0 fully saturated rings. The standard InChI is InChI=1S/C6H11N3O2/c1-2-5-3-9(8-7-5)4-6(10)11/h5H,2-4H2,1H3,(H,10,11). The van der Waals surface area contributed by atoms with Gasteiger partial charge in [0.2, 0.25) is 0 Å². The number of carboxylic acid groups (broad SMARTS) is 1. The zero-order valence-corrected chi connectivity index (χ0v) is 6.40. The van der Waals surface area contributed by atoms with Crippen LogP contribution in [0.2, 0.25) is 0 Å². The van der Waals surface area contributed by atoms with Crippen molar-refractivity contribution in [3.05, 3.63) is 0 Å². The minimum atomic E-state index is -0.860. The fourth-order valence-corrected chi connectivity index (χ4v) is 0.925. The first-order valence-corrected chi connectivity index (χ1v) is 3.60. The fourth-order valence-electron chi connectivity index (χ4n) is 0.925. The van der Waals surface area contributed by atoms with E-state index in [-0.39, 0.29) is 12.6 Å². The van der Waals surface area contributed by atoms with Crippen LogP contribution in [0.4, 0.5) is 0 Å². The van der Waals surface area contributed by atoms with Crippen LogP contribution in [0.5, 0.6) is 0 Å². The van der Waals surface area contributed by atoms with Crippen LogP contribution in [0.3, 0.4) is 0 Å². The van der Waals surface area contributed by atoms with Gasteiger partial charge in [-0.25, -0.2) is 0 Å². The lowest BCUT2D eigenvalue weighted by molar-refractivity contribution is -0.138. The third-order valence-corrected chi connectivity index (χ3v) is 1.55. The second kappa shape index (κ2) is 3.32. The lowest BCUT2D eigenvalue weighted by Crippen LogP contribution is -2.26. The first-order valence-electron chi connectivity index (χ1n) is 3.60. The lowest BCUT2D eigenvalue weighted by atomic mass is 10.2. The van der Waals surface area contributed by atoms with Gasteiger partial charge in [0.05, 0.1) is 12.6 Å². The van der Waals surface area contributed by atoms with E-state index in [9.17, 15) is 4.79 Å². The third kappa shape index (κ3) is 2.18. The van der Waals surface area contributed by atoms with Crippen LogP contribution in [0.1, 0.15) is 13.3 Å². The molecule has 0 radical (unpaired) electrons. The normalized spacial score (nSPS) is 22.6. The van der Waals surface area contributed by atoms with E-state index in [1.165, 1.54) is 5.01 Å². The molecule has 0 bridgehead atoms. The van der Waals surface area contributed by atoms with Gasteiger partial charge in [0, 0.05) is 0 Å². The quantitative estimate of drug-likeness (QED) is 0.650. The highest BCUT2D eigenvalue weighted by atomic mass is 16.4. The van der Waals surface area contributed by atoms with E-state index in [1.807, 2.05) is 6.92 Å². The van der Waals surface area contributed by atoms with E-state index in [1.54, 1.807) is 0 Å². The van der Waals surface area contributed by atoms with Crippen molar-refractivity contribution in [2.75, 3.05) is 13.1 Å². The molecule has 1 heterocycles. The molecular weight excluding hydrogens is 146 g/mol. The van der Waals surface area contributed by atoms with Crippen LogP contribution in [0, 0.1) is 0 Å². The van der Waals surface area contributed by atoms with Crippen molar-refractivity contribution in [3.8, 4) is 0 Å². The minimum Gasteiger partial charge on any atom is -0.480 e. The Kier molecular flexibility index (Phi) is 2.40. The smallest absolute Gasteiger partial charge is 0.324 e. The van der Waals surface area contributed by atoms with Gasteiger partial charge in [0.15, 0.2) is 0 Å². The van der Waals surface area contributed by atoms with E-state index in [2.05, 4.69) is 10.3 Å². The molecule has 1 unspecified atom stereocenters. The Bertz CT molecular complexity index is 181. The third-order valence-electron chi connectivity index (χ3n) is 1.55. The molecule has 0 amide bonds. The van der Waals surface area contributed by atoms with Crippen molar-refractivity contribution in [1.82, 2.24) is 5.01 Å². The maximum Gasteiger partial charge on any atom is 0.324 e. The molecule has 1 rings (SSSR count). The van der Waals surface area contributed by atoms with Gasteiger partial charge in [0.1, 0.15) is 6.54 Å². The van der Waals surface area contributed by atoms with Gasteiger partial charge in [-0.3, -0.25) is 9.80 Å². The first kappa shape index (κ1) is 7.97. The molecule has 5 nitrogen and oxygen atoms in total. The summed E-state index contributed by atoms with van der Waals surface area (Å²) in [6.07, 6.45) is 0.916. The molecule has 62 valence electrons. The minimum absolute atomic E-state index is 0.0417. The number of hydrogen-bond acceptors (Lipinski definition) is 4. The summed E-state index contributed by atoms with van der Waals surface area (Å²) in [6, 6.07) is 0.189. The van der Waals surface area contributed by atoms with Gasteiger partial charge >= 0.3 is 5.97 Å². The Labute approximate surface area is 64.7 Å². The van der Waals surface area contributed by atoms with Crippen molar-refractivity contribution in [3.63, 3.8) is 0 Å². The van der Waals surface area contributed by atoms with Gasteiger partial charge in [-0.15, -0.1) is 0 Å². The second-order valence-electron chi connectivity index (χ2n) is 2.51. The number of carboxylic acids is 1. The monoisotopic (exact) mass is 157 g/mol. The van der Waals surface area contributed by atoms with Gasteiger partial charge < -0.3 is 5.11 Å². The van der Waals surface area contributed by atoms with Gasteiger partial charge in [-0.1, -0.05) is 12.1 Å². The summed E-state index contributed by atoms with van der Waals surface area (Å²) >= 11 is 0. The molecule has 0 aromatic carbocycles. The van der Waals surface area contributed by atoms with Gasteiger partial charge in [-0.2, -0.15) is 5.11 Å².